The number of aromatic amines is 1. The Morgan fingerprint density at radius 2 is 2.22 bits per heavy atom. The third kappa shape index (κ3) is 4.97. The van der Waals surface area contributed by atoms with Crippen molar-refractivity contribution in [3.8, 4) is 5.75 Å². The normalized spacial score (nSPS) is 12.7. The van der Waals surface area contributed by atoms with Gasteiger partial charge in [-0.3, -0.25) is 9.89 Å². The van der Waals surface area contributed by atoms with Gasteiger partial charge in [-0.1, -0.05) is 0 Å². The van der Waals surface area contributed by atoms with Crippen LogP contribution in [0.3, 0.4) is 0 Å². The molecule has 0 aromatic carbocycles. The van der Waals surface area contributed by atoms with E-state index in [1.54, 1.807) is 13.0 Å². The Hall–Kier alpha value is -2.58. The van der Waals surface area contributed by atoms with E-state index in [0.29, 0.717) is 5.69 Å². The molecule has 1 amide bonds. The van der Waals surface area contributed by atoms with Gasteiger partial charge in [0.05, 0.1) is 17.9 Å². The number of halogens is 3. The number of hydrogen-bond acceptors (Lipinski definition) is 4. The molecular formula is C14H17F3N4O2. The van der Waals surface area contributed by atoms with Crippen LogP contribution >= 0.6 is 0 Å². The van der Waals surface area contributed by atoms with Gasteiger partial charge in [0, 0.05) is 7.12 Å². The molecular weight excluding hydrogens is 313 g/mol. The van der Waals surface area contributed by atoms with E-state index in [1.807, 2.05) is 6.92 Å². The number of nitrogens with zero attached hydrogens (tertiary/aromatic N) is 2. The summed E-state index contributed by atoms with van der Waals surface area (Å²) in [6.07, 6.45) is -3.35. The molecule has 2 rings (SSSR count). The number of carbonyl (C=O) groups is 1. The highest BCUT2D eigenvalue weighted by Crippen LogP contribution is 2.18. The van der Waals surface area contributed by atoms with Gasteiger partial charge in [0.15, 0.2) is 6.61 Å². The van der Waals surface area contributed by atoms with Gasteiger partial charge in [0.1, 0.15) is 11.4 Å². The van der Waals surface area contributed by atoms with E-state index in [2.05, 4.69) is 25.2 Å². The van der Waals surface area contributed by atoms with Gasteiger partial charge in [-0.05, 0) is 32.0 Å². The molecule has 0 saturated carbocycles. The van der Waals surface area contributed by atoms with Crippen molar-refractivity contribution in [2.45, 2.75) is 26.1 Å². The molecule has 126 valence electrons. The maximum Gasteiger partial charge on any atom is 0.422 e. The lowest BCUT2D eigenvalue weighted by atomic mass is 10.2. The molecule has 0 aliphatic heterocycles. The fourth-order valence-electron chi connectivity index (χ4n) is 1.77. The summed E-state index contributed by atoms with van der Waals surface area (Å²) in [5, 5.41) is 9.50. The Balaban J connectivity index is 0.00000288. The van der Waals surface area contributed by atoms with Crippen molar-refractivity contribution in [3.05, 3.63) is 41.5 Å². The van der Waals surface area contributed by atoms with Crippen LogP contribution in [0.5, 0.6) is 5.75 Å². The molecule has 0 spiro atoms. The standard InChI is InChI=1S/C14H15F3N4O2.H2/c1-8-5-12(21-20-8)9(2)19-13(22)11-4-3-10(6-18-11)23-7-14(15,16)17;/h3-6,9H,7H2,1-2H3,(H,19,22)(H,20,21);1H. The van der Waals surface area contributed by atoms with Crippen molar-refractivity contribution in [2.75, 3.05) is 6.61 Å². The summed E-state index contributed by atoms with van der Waals surface area (Å²) >= 11 is 0. The number of H-pyrrole nitrogens is 1. The van der Waals surface area contributed by atoms with E-state index in [0.717, 1.165) is 11.9 Å². The third-order valence-corrected chi connectivity index (χ3v) is 2.89. The molecule has 6 nitrogen and oxygen atoms in total. The number of amides is 1. The maximum atomic E-state index is 12.0. The van der Waals surface area contributed by atoms with Crippen molar-refractivity contribution < 1.29 is 24.1 Å². The second kappa shape index (κ2) is 6.67. The Kier molecular flexibility index (Phi) is 4.87. The summed E-state index contributed by atoms with van der Waals surface area (Å²) < 4.78 is 40.6. The number of alkyl halides is 3. The summed E-state index contributed by atoms with van der Waals surface area (Å²) in [5.41, 5.74) is 1.61. The lowest BCUT2D eigenvalue weighted by Gasteiger charge is -2.12. The topological polar surface area (TPSA) is 79.9 Å². The molecule has 2 heterocycles. The largest absolute Gasteiger partial charge is 0.483 e. The molecule has 0 saturated heterocycles. The summed E-state index contributed by atoms with van der Waals surface area (Å²) in [4.78, 5) is 15.8. The second-order valence-electron chi connectivity index (χ2n) is 4.95. The number of rotatable bonds is 5. The first-order chi connectivity index (χ1) is 10.7. The summed E-state index contributed by atoms with van der Waals surface area (Å²) in [7, 11) is 0. The summed E-state index contributed by atoms with van der Waals surface area (Å²) in [5.74, 6) is -0.518. The van der Waals surface area contributed by atoms with E-state index >= 15 is 0 Å². The van der Waals surface area contributed by atoms with Crippen LogP contribution in [0.2, 0.25) is 0 Å². The van der Waals surface area contributed by atoms with Crippen LogP contribution in [0.25, 0.3) is 0 Å². The lowest BCUT2D eigenvalue weighted by Crippen LogP contribution is -2.27. The molecule has 0 radical (unpaired) electrons. The van der Waals surface area contributed by atoms with E-state index in [1.165, 1.54) is 12.1 Å². The molecule has 0 aliphatic rings. The summed E-state index contributed by atoms with van der Waals surface area (Å²) in [6, 6.07) is 4.02. The van der Waals surface area contributed by atoms with Crippen molar-refractivity contribution >= 4 is 5.91 Å². The molecule has 23 heavy (non-hydrogen) atoms. The molecule has 1 atom stereocenters. The highest BCUT2D eigenvalue weighted by atomic mass is 19.4. The monoisotopic (exact) mass is 330 g/mol. The zero-order valence-corrected chi connectivity index (χ0v) is 12.4. The van der Waals surface area contributed by atoms with Crippen LogP contribution in [0, 0.1) is 6.92 Å². The molecule has 2 N–H and O–H groups in total. The first kappa shape index (κ1) is 16.8. The number of nitrogens with one attached hydrogen (secondary N) is 2. The SMILES string of the molecule is Cc1cc(C(C)NC(=O)c2ccc(OCC(F)(F)F)cn2)n[nH]1.[HH]. The van der Waals surface area contributed by atoms with Crippen LogP contribution in [0.15, 0.2) is 24.4 Å². The van der Waals surface area contributed by atoms with Crippen LogP contribution in [0.1, 0.15) is 36.3 Å². The zero-order valence-electron chi connectivity index (χ0n) is 12.4. The van der Waals surface area contributed by atoms with Crippen molar-refractivity contribution in [1.82, 2.24) is 20.5 Å². The molecule has 9 heteroatoms. The Labute approximate surface area is 131 Å². The lowest BCUT2D eigenvalue weighted by molar-refractivity contribution is -0.153. The van der Waals surface area contributed by atoms with Crippen LogP contribution in [-0.2, 0) is 0 Å². The van der Waals surface area contributed by atoms with Crippen molar-refractivity contribution in [2.24, 2.45) is 0 Å². The first-order valence-electron chi connectivity index (χ1n) is 6.73. The van der Waals surface area contributed by atoms with Crippen molar-refractivity contribution in [3.63, 3.8) is 0 Å². The van der Waals surface area contributed by atoms with E-state index in [9.17, 15) is 18.0 Å². The third-order valence-electron chi connectivity index (χ3n) is 2.89. The van der Waals surface area contributed by atoms with Gasteiger partial charge >= 0.3 is 6.18 Å². The molecule has 2 aromatic rings. The second-order valence-corrected chi connectivity index (χ2v) is 4.95. The number of ether oxygens (including phenoxy) is 1. The fourth-order valence-corrected chi connectivity index (χ4v) is 1.77. The predicted molar refractivity (Wildman–Crippen MR) is 77.1 cm³/mol. The van der Waals surface area contributed by atoms with Gasteiger partial charge in [-0.2, -0.15) is 18.3 Å². The first-order valence-corrected chi connectivity index (χ1v) is 6.73. The van der Waals surface area contributed by atoms with Gasteiger partial charge in [0.2, 0.25) is 0 Å². The molecule has 0 fully saturated rings. The minimum absolute atomic E-state index is 0. The van der Waals surface area contributed by atoms with Gasteiger partial charge in [-0.15, -0.1) is 0 Å². The summed E-state index contributed by atoms with van der Waals surface area (Å²) in [6.45, 7) is 2.19. The molecule has 1 unspecified atom stereocenters. The van der Waals surface area contributed by atoms with Gasteiger partial charge < -0.3 is 10.1 Å². The Bertz CT molecular complexity index is 673. The highest BCUT2D eigenvalue weighted by Gasteiger charge is 2.28. The average Bonchev–Trinajstić information content (AvgIpc) is 2.91. The van der Waals surface area contributed by atoms with E-state index in [4.69, 9.17) is 0 Å². The minimum atomic E-state index is -4.42. The Morgan fingerprint density at radius 1 is 1.48 bits per heavy atom. The molecule has 0 aliphatic carbocycles. The molecule has 0 bridgehead atoms. The molecule has 2 aromatic heterocycles. The highest BCUT2D eigenvalue weighted by molar-refractivity contribution is 5.92. The smallest absolute Gasteiger partial charge is 0.422 e. The minimum Gasteiger partial charge on any atom is -0.483 e. The predicted octanol–water partition coefficient (Wildman–Crippen LogP) is 2.79. The van der Waals surface area contributed by atoms with Crippen LogP contribution in [0.4, 0.5) is 13.2 Å². The fraction of sp³-hybridized carbons (Fsp3) is 0.357. The van der Waals surface area contributed by atoms with Crippen molar-refractivity contribution in [1.29, 1.82) is 0 Å². The number of aryl methyl sites for hydroxylation is 1. The number of aromatic nitrogens is 3. The van der Waals surface area contributed by atoms with Crippen LogP contribution in [-0.4, -0.2) is 33.9 Å². The maximum absolute atomic E-state index is 12.0. The van der Waals surface area contributed by atoms with E-state index in [-0.39, 0.29) is 18.9 Å². The number of pyridine rings is 1. The quantitative estimate of drug-likeness (QED) is 0.883. The van der Waals surface area contributed by atoms with E-state index < -0.39 is 18.7 Å². The van der Waals surface area contributed by atoms with Gasteiger partial charge in [-0.25, -0.2) is 4.98 Å². The van der Waals surface area contributed by atoms with Crippen LogP contribution < -0.4 is 10.1 Å². The number of hydrogen-bond donors (Lipinski definition) is 2. The average molecular weight is 330 g/mol. The van der Waals surface area contributed by atoms with Gasteiger partial charge in [0.25, 0.3) is 5.91 Å². The zero-order chi connectivity index (χ0) is 17.0. The number of carbonyl (C=O) groups excluding carboxylic acids is 1. The Morgan fingerprint density at radius 3 is 2.74 bits per heavy atom.